The smallest absolute Gasteiger partial charge is 0.321 e. The van der Waals surface area contributed by atoms with E-state index in [9.17, 15) is 14.4 Å². The molecule has 1 heterocycles. The zero-order valence-corrected chi connectivity index (χ0v) is 11.7. The summed E-state index contributed by atoms with van der Waals surface area (Å²) in [5.41, 5.74) is 0. The van der Waals surface area contributed by atoms with E-state index < -0.39 is 24.0 Å². The number of carboxylic acids is 1. The molecule has 1 atom stereocenters. The second-order valence-corrected chi connectivity index (χ2v) is 5.00. The third-order valence-corrected chi connectivity index (χ3v) is 2.67. The second kappa shape index (κ2) is 7.81. The number of carboxylic acid groups (broad SMARTS) is 1. The van der Waals surface area contributed by atoms with Gasteiger partial charge in [-0.1, -0.05) is 0 Å². The highest BCUT2D eigenvalue weighted by atomic mass is 16.5. The van der Waals surface area contributed by atoms with E-state index >= 15 is 0 Å². The molecular weight excluding hydrogens is 266 g/mol. The van der Waals surface area contributed by atoms with Crippen LogP contribution in [0.25, 0.3) is 0 Å². The van der Waals surface area contributed by atoms with Crippen molar-refractivity contribution in [3.05, 3.63) is 0 Å². The number of carbonyl (C=O) groups is 3. The van der Waals surface area contributed by atoms with Gasteiger partial charge < -0.3 is 15.2 Å². The lowest BCUT2D eigenvalue weighted by atomic mass is 10.2. The van der Waals surface area contributed by atoms with Gasteiger partial charge in [0.1, 0.15) is 0 Å². The molecule has 0 aromatic carbocycles. The van der Waals surface area contributed by atoms with Crippen LogP contribution in [-0.2, 0) is 14.3 Å². The van der Waals surface area contributed by atoms with Gasteiger partial charge >= 0.3 is 12.0 Å². The van der Waals surface area contributed by atoms with E-state index in [0.717, 1.165) is 0 Å². The number of nitrogens with zero attached hydrogens (tertiary/aromatic N) is 1. The van der Waals surface area contributed by atoms with Crippen LogP contribution in [0, 0.1) is 0 Å². The number of aliphatic carboxylic acids is 1. The lowest BCUT2D eigenvalue weighted by molar-refractivity contribution is -0.142. The summed E-state index contributed by atoms with van der Waals surface area (Å²) < 4.78 is 5.30. The Hall–Kier alpha value is -1.67. The van der Waals surface area contributed by atoms with Gasteiger partial charge in [-0.3, -0.25) is 19.8 Å². The molecule has 0 aromatic heterocycles. The summed E-state index contributed by atoms with van der Waals surface area (Å²) in [4.78, 5) is 35.4. The van der Waals surface area contributed by atoms with Crippen molar-refractivity contribution < 1.29 is 24.2 Å². The molecule has 1 saturated heterocycles. The fourth-order valence-electron chi connectivity index (χ4n) is 1.91. The molecule has 1 rings (SSSR count). The molecular formula is C12H21N3O5. The fraction of sp³-hybridized carbons (Fsp3) is 0.750. The van der Waals surface area contributed by atoms with Gasteiger partial charge in [-0.05, 0) is 13.8 Å². The Kier molecular flexibility index (Phi) is 6.40. The van der Waals surface area contributed by atoms with Crippen LogP contribution in [0.4, 0.5) is 4.79 Å². The highest BCUT2D eigenvalue weighted by Crippen LogP contribution is 2.08. The van der Waals surface area contributed by atoms with Crippen LogP contribution in [0.5, 0.6) is 0 Å². The SMILES string of the molecule is CC(C)NC(=O)NC(=O)CN1CCOC(CC(=O)O)C1. The highest BCUT2D eigenvalue weighted by molar-refractivity contribution is 5.95. The number of ether oxygens (including phenoxy) is 1. The van der Waals surface area contributed by atoms with Crippen molar-refractivity contribution in [2.45, 2.75) is 32.4 Å². The van der Waals surface area contributed by atoms with E-state index in [1.54, 1.807) is 18.7 Å². The Morgan fingerprint density at radius 2 is 2.10 bits per heavy atom. The summed E-state index contributed by atoms with van der Waals surface area (Å²) in [6, 6.07) is -0.577. The molecule has 1 aliphatic heterocycles. The first-order chi connectivity index (χ1) is 9.36. The predicted octanol–water partition coefficient (Wildman–Crippen LogP) is -0.604. The maximum absolute atomic E-state index is 11.7. The van der Waals surface area contributed by atoms with Crippen LogP contribution in [0.15, 0.2) is 0 Å². The van der Waals surface area contributed by atoms with E-state index in [4.69, 9.17) is 9.84 Å². The van der Waals surface area contributed by atoms with E-state index in [1.165, 1.54) is 0 Å². The Morgan fingerprint density at radius 1 is 1.40 bits per heavy atom. The van der Waals surface area contributed by atoms with Crippen LogP contribution in [-0.4, -0.2) is 66.3 Å². The molecule has 0 radical (unpaired) electrons. The van der Waals surface area contributed by atoms with Gasteiger partial charge in [0.25, 0.3) is 0 Å². The Balaban J connectivity index is 2.34. The van der Waals surface area contributed by atoms with E-state index in [1.807, 2.05) is 0 Å². The summed E-state index contributed by atoms with van der Waals surface area (Å²) in [6.45, 7) is 4.92. The van der Waals surface area contributed by atoms with Gasteiger partial charge in [0, 0.05) is 19.1 Å². The van der Waals surface area contributed by atoms with Crippen molar-refractivity contribution in [3.8, 4) is 0 Å². The monoisotopic (exact) mass is 287 g/mol. The molecule has 0 aliphatic carbocycles. The summed E-state index contributed by atoms with van der Waals surface area (Å²) in [5, 5.41) is 13.5. The van der Waals surface area contributed by atoms with E-state index in [0.29, 0.717) is 19.7 Å². The largest absolute Gasteiger partial charge is 0.481 e. The number of amides is 3. The van der Waals surface area contributed by atoms with Gasteiger partial charge in [0.15, 0.2) is 0 Å². The summed E-state index contributed by atoms with van der Waals surface area (Å²) in [6.07, 6.45) is -0.509. The lowest BCUT2D eigenvalue weighted by Gasteiger charge is -2.31. The maximum atomic E-state index is 11.7. The van der Waals surface area contributed by atoms with Crippen molar-refractivity contribution in [2.75, 3.05) is 26.2 Å². The number of imide groups is 1. The van der Waals surface area contributed by atoms with Crippen molar-refractivity contribution in [3.63, 3.8) is 0 Å². The number of rotatable bonds is 5. The standard InChI is InChI=1S/C12H21N3O5/c1-8(2)13-12(19)14-10(16)7-15-3-4-20-9(6-15)5-11(17)18/h8-9H,3-7H2,1-2H3,(H,17,18)(H2,13,14,16,19). The fourth-order valence-corrected chi connectivity index (χ4v) is 1.91. The van der Waals surface area contributed by atoms with Gasteiger partial charge in [-0.15, -0.1) is 0 Å². The van der Waals surface area contributed by atoms with Gasteiger partial charge in [-0.2, -0.15) is 0 Å². The molecule has 0 spiro atoms. The van der Waals surface area contributed by atoms with Gasteiger partial charge in [0.2, 0.25) is 5.91 Å². The Labute approximate surface area is 117 Å². The molecule has 1 fully saturated rings. The number of nitrogens with one attached hydrogen (secondary N) is 2. The zero-order chi connectivity index (χ0) is 15.1. The van der Waals surface area contributed by atoms with E-state index in [-0.39, 0.29) is 19.0 Å². The third kappa shape index (κ3) is 6.48. The first-order valence-electron chi connectivity index (χ1n) is 6.53. The Bertz CT molecular complexity index is 372. The highest BCUT2D eigenvalue weighted by Gasteiger charge is 2.24. The average Bonchev–Trinajstić information content (AvgIpc) is 2.26. The molecule has 0 saturated carbocycles. The molecule has 3 N–H and O–H groups in total. The summed E-state index contributed by atoms with van der Waals surface area (Å²) >= 11 is 0. The Morgan fingerprint density at radius 3 is 2.70 bits per heavy atom. The van der Waals surface area contributed by atoms with Crippen molar-refractivity contribution in [2.24, 2.45) is 0 Å². The molecule has 3 amide bonds. The van der Waals surface area contributed by atoms with Crippen molar-refractivity contribution in [1.29, 1.82) is 0 Å². The molecule has 1 aliphatic rings. The molecule has 8 nitrogen and oxygen atoms in total. The van der Waals surface area contributed by atoms with Gasteiger partial charge in [-0.25, -0.2) is 4.79 Å². The maximum Gasteiger partial charge on any atom is 0.321 e. The molecule has 8 heteroatoms. The van der Waals surface area contributed by atoms with Crippen LogP contribution >= 0.6 is 0 Å². The number of hydrogen-bond donors (Lipinski definition) is 3. The molecule has 1 unspecified atom stereocenters. The predicted molar refractivity (Wildman–Crippen MR) is 70.2 cm³/mol. The van der Waals surface area contributed by atoms with Crippen molar-refractivity contribution >= 4 is 17.9 Å². The molecule has 0 bridgehead atoms. The minimum absolute atomic E-state index is 0.0466. The van der Waals surface area contributed by atoms with Crippen LogP contribution in [0.2, 0.25) is 0 Å². The number of urea groups is 1. The minimum Gasteiger partial charge on any atom is -0.481 e. The minimum atomic E-state index is -0.933. The first-order valence-corrected chi connectivity index (χ1v) is 6.53. The van der Waals surface area contributed by atoms with Crippen LogP contribution in [0.1, 0.15) is 20.3 Å². The lowest BCUT2D eigenvalue weighted by Crippen LogP contribution is -2.50. The second-order valence-electron chi connectivity index (χ2n) is 5.00. The quantitative estimate of drug-likeness (QED) is 0.623. The van der Waals surface area contributed by atoms with Crippen molar-refractivity contribution in [1.82, 2.24) is 15.5 Å². The van der Waals surface area contributed by atoms with Crippen LogP contribution < -0.4 is 10.6 Å². The number of carbonyl (C=O) groups excluding carboxylic acids is 2. The van der Waals surface area contributed by atoms with Gasteiger partial charge in [0.05, 0.1) is 25.7 Å². The number of hydrogen-bond acceptors (Lipinski definition) is 5. The normalized spacial score (nSPS) is 19.6. The first kappa shape index (κ1) is 16.4. The zero-order valence-electron chi connectivity index (χ0n) is 11.7. The average molecular weight is 287 g/mol. The molecule has 114 valence electrons. The molecule has 20 heavy (non-hydrogen) atoms. The summed E-state index contributed by atoms with van der Waals surface area (Å²) in [5.74, 6) is -1.35. The van der Waals surface area contributed by atoms with Crippen LogP contribution in [0.3, 0.4) is 0 Å². The van der Waals surface area contributed by atoms with E-state index in [2.05, 4.69) is 10.6 Å². The topological polar surface area (TPSA) is 108 Å². The number of morpholine rings is 1. The summed E-state index contributed by atoms with van der Waals surface area (Å²) in [7, 11) is 0. The third-order valence-electron chi connectivity index (χ3n) is 2.67. The molecule has 0 aromatic rings.